The molecule has 0 aliphatic carbocycles. The zero-order valence-corrected chi connectivity index (χ0v) is 12.2. The number of halogens is 1. The lowest BCUT2D eigenvalue weighted by Crippen LogP contribution is -2.23. The molecule has 1 atom stereocenters. The molecular weight excluding hydrogens is 264 g/mol. The highest BCUT2D eigenvalue weighted by Crippen LogP contribution is 2.32. The summed E-state index contributed by atoms with van der Waals surface area (Å²) in [5, 5.41) is 6.36. The minimum absolute atomic E-state index is 0.0948. The van der Waals surface area contributed by atoms with Crippen LogP contribution in [0, 0.1) is 6.92 Å². The normalized spacial score (nSPS) is 12.6. The number of rotatable bonds is 5. The summed E-state index contributed by atoms with van der Waals surface area (Å²) in [6, 6.07) is 6.16. The van der Waals surface area contributed by atoms with Crippen LogP contribution in [-0.4, -0.2) is 11.5 Å². The van der Waals surface area contributed by atoms with Crippen molar-refractivity contribution in [3.63, 3.8) is 0 Å². The van der Waals surface area contributed by atoms with Crippen LogP contribution < -0.4 is 5.32 Å². The Balaban J connectivity index is 2.33. The zero-order chi connectivity index (χ0) is 13.0. The average Bonchev–Trinajstić information content (AvgIpc) is 2.77. The van der Waals surface area contributed by atoms with Crippen LogP contribution in [0.15, 0.2) is 29.8 Å². The van der Waals surface area contributed by atoms with Crippen molar-refractivity contribution in [1.82, 2.24) is 10.3 Å². The summed E-state index contributed by atoms with van der Waals surface area (Å²) in [4.78, 5) is 5.62. The summed E-state index contributed by atoms with van der Waals surface area (Å²) in [6.45, 7) is 5.19. The van der Waals surface area contributed by atoms with Gasteiger partial charge in [-0.15, -0.1) is 11.3 Å². The van der Waals surface area contributed by atoms with Gasteiger partial charge in [-0.2, -0.15) is 0 Å². The van der Waals surface area contributed by atoms with Crippen molar-refractivity contribution < 1.29 is 0 Å². The number of pyridine rings is 1. The van der Waals surface area contributed by atoms with Crippen LogP contribution in [0.25, 0.3) is 0 Å². The number of thiophene rings is 1. The molecule has 1 N–H and O–H groups in total. The minimum Gasteiger partial charge on any atom is -0.304 e. The molecule has 2 nitrogen and oxygen atoms in total. The topological polar surface area (TPSA) is 24.9 Å². The highest BCUT2D eigenvalue weighted by atomic mass is 35.5. The first-order chi connectivity index (χ1) is 8.72. The summed E-state index contributed by atoms with van der Waals surface area (Å²) in [5.74, 6) is 0. The molecule has 2 heterocycles. The summed E-state index contributed by atoms with van der Waals surface area (Å²) in [5.41, 5.74) is 2.25. The fourth-order valence-corrected chi connectivity index (χ4v) is 3.10. The maximum atomic E-state index is 6.25. The van der Waals surface area contributed by atoms with Crippen LogP contribution in [0.3, 0.4) is 0 Å². The van der Waals surface area contributed by atoms with E-state index in [1.165, 1.54) is 5.56 Å². The second-order valence-electron chi connectivity index (χ2n) is 4.28. The Morgan fingerprint density at radius 3 is 2.89 bits per heavy atom. The van der Waals surface area contributed by atoms with Crippen molar-refractivity contribution in [3.8, 4) is 0 Å². The minimum atomic E-state index is 0.0948. The molecule has 2 rings (SSSR count). The molecule has 0 bridgehead atoms. The van der Waals surface area contributed by atoms with Gasteiger partial charge in [-0.3, -0.25) is 4.98 Å². The molecule has 0 amide bonds. The van der Waals surface area contributed by atoms with E-state index < -0.39 is 0 Å². The summed E-state index contributed by atoms with van der Waals surface area (Å²) >= 11 is 7.92. The third-order valence-electron chi connectivity index (χ3n) is 2.74. The van der Waals surface area contributed by atoms with E-state index in [-0.39, 0.29) is 6.04 Å². The first-order valence-electron chi connectivity index (χ1n) is 6.11. The molecule has 1 unspecified atom stereocenters. The van der Waals surface area contributed by atoms with Gasteiger partial charge < -0.3 is 5.32 Å². The Hall–Kier alpha value is -0.900. The van der Waals surface area contributed by atoms with Gasteiger partial charge in [-0.25, -0.2) is 0 Å². The fraction of sp³-hybridized carbons (Fsp3) is 0.357. The largest absolute Gasteiger partial charge is 0.304 e. The molecule has 0 saturated heterocycles. The standard InChI is InChI=1S/C14H17ClN2S/c1-3-6-17-13(14-11(15)5-8-18-14)12-9-10(2)4-7-16-12/h4-5,7-9,13,17H,3,6H2,1-2H3. The predicted molar refractivity (Wildman–Crippen MR) is 78.4 cm³/mol. The number of hydrogen-bond donors (Lipinski definition) is 1. The van der Waals surface area contributed by atoms with Crippen molar-refractivity contribution in [1.29, 1.82) is 0 Å². The molecule has 4 heteroatoms. The lowest BCUT2D eigenvalue weighted by molar-refractivity contribution is 0.593. The van der Waals surface area contributed by atoms with E-state index in [0.717, 1.165) is 28.6 Å². The first kappa shape index (κ1) is 13.5. The maximum absolute atomic E-state index is 6.25. The Bertz CT molecular complexity index is 510. The smallest absolute Gasteiger partial charge is 0.0860 e. The SMILES string of the molecule is CCCNC(c1cc(C)ccn1)c1sccc1Cl. The fourth-order valence-electron chi connectivity index (χ4n) is 1.85. The molecule has 2 aromatic rings. The van der Waals surface area contributed by atoms with Gasteiger partial charge in [0.05, 0.1) is 16.8 Å². The van der Waals surface area contributed by atoms with Gasteiger partial charge in [0.25, 0.3) is 0 Å². The quantitative estimate of drug-likeness (QED) is 0.888. The van der Waals surface area contributed by atoms with E-state index in [2.05, 4.69) is 30.2 Å². The van der Waals surface area contributed by atoms with E-state index in [4.69, 9.17) is 11.6 Å². The van der Waals surface area contributed by atoms with E-state index in [1.807, 2.05) is 23.7 Å². The van der Waals surface area contributed by atoms with E-state index in [1.54, 1.807) is 11.3 Å². The van der Waals surface area contributed by atoms with Crippen molar-refractivity contribution in [3.05, 3.63) is 50.9 Å². The van der Waals surface area contributed by atoms with Crippen molar-refractivity contribution in [2.45, 2.75) is 26.3 Å². The van der Waals surface area contributed by atoms with Crippen LogP contribution in [0.1, 0.15) is 35.5 Å². The molecule has 96 valence electrons. The predicted octanol–water partition coefficient (Wildman–Crippen LogP) is 4.19. The highest BCUT2D eigenvalue weighted by Gasteiger charge is 2.18. The number of aryl methyl sites for hydroxylation is 1. The second kappa shape index (κ2) is 6.32. The third-order valence-corrected chi connectivity index (χ3v) is 4.16. The molecule has 0 aliphatic rings. The van der Waals surface area contributed by atoms with E-state index in [9.17, 15) is 0 Å². The monoisotopic (exact) mass is 280 g/mol. The molecule has 0 saturated carbocycles. The van der Waals surface area contributed by atoms with Crippen LogP contribution in [0.5, 0.6) is 0 Å². The lowest BCUT2D eigenvalue weighted by atomic mass is 10.1. The summed E-state index contributed by atoms with van der Waals surface area (Å²) < 4.78 is 0. The summed E-state index contributed by atoms with van der Waals surface area (Å²) in [7, 11) is 0. The van der Waals surface area contributed by atoms with Crippen molar-refractivity contribution >= 4 is 22.9 Å². The molecular formula is C14H17ClN2S. The number of nitrogens with zero attached hydrogens (tertiary/aromatic N) is 1. The Morgan fingerprint density at radius 2 is 2.28 bits per heavy atom. The zero-order valence-electron chi connectivity index (χ0n) is 10.6. The van der Waals surface area contributed by atoms with Crippen LogP contribution in [0.4, 0.5) is 0 Å². The number of aromatic nitrogens is 1. The summed E-state index contributed by atoms with van der Waals surface area (Å²) in [6.07, 6.45) is 2.94. The highest BCUT2D eigenvalue weighted by molar-refractivity contribution is 7.10. The van der Waals surface area contributed by atoms with Gasteiger partial charge in [-0.1, -0.05) is 18.5 Å². The van der Waals surface area contributed by atoms with E-state index >= 15 is 0 Å². The van der Waals surface area contributed by atoms with Gasteiger partial charge in [0.2, 0.25) is 0 Å². The van der Waals surface area contributed by atoms with Crippen LogP contribution in [0.2, 0.25) is 5.02 Å². The van der Waals surface area contributed by atoms with Crippen LogP contribution in [-0.2, 0) is 0 Å². The average molecular weight is 281 g/mol. The van der Waals surface area contributed by atoms with Gasteiger partial charge >= 0.3 is 0 Å². The molecule has 0 fully saturated rings. The second-order valence-corrected chi connectivity index (χ2v) is 5.63. The van der Waals surface area contributed by atoms with Crippen LogP contribution >= 0.6 is 22.9 Å². The first-order valence-corrected chi connectivity index (χ1v) is 7.37. The molecule has 0 radical (unpaired) electrons. The molecule has 0 aliphatic heterocycles. The Labute approximate surface area is 117 Å². The maximum Gasteiger partial charge on any atom is 0.0860 e. The van der Waals surface area contributed by atoms with Gasteiger partial charge in [-0.05, 0) is 49.0 Å². The molecule has 2 aromatic heterocycles. The molecule has 0 aromatic carbocycles. The van der Waals surface area contributed by atoms with Gasteiger partial charge in [0, 0.05) is 11.1 Å². The number of hydrogen-bond acceptors (Lipinski definition) is 3. The van der Waals surface area contributed by atoms with Gasteiger partial charge in [0.1, 0.15) is 0 Å². The third kappa shape index (κ3) is 3.10. The Morgan fingerprint density at radius 1 is 1.44 bits per heavy atom. The Kier molecular flexibility index (Phi) is 4.75. The van der Waals surface area contributed by atoms with Crippen molar-refractivity contribution in [2.24, 2.45) is 0 Å². The molecule has 18 heavy (non-hydrogen) atoms. The number of nitrogens with one attached hydrogen (secondary N) is 1. The van der Waals surface area contributed by atoms with E-state index in [0.29, 0.717) is 0 Å². The lowest BCUT2D eigenvalue weighted by Gasteiger charge is -2.17. The van der Waals surface area contributed by atoms with Gasteiger partial charge in [0.15, 0.2) is 0 Å². The molecule has 0 spiro atoms. The van der Waals surface area contributed by atoms with Crippen molar-refractivity contribution in [2.75, 3.05) is 6.54 Å².